The van der Waals surface area contributed by atoms with Crippen molar-refractivity contribution in [2.75, 3.05) is 0 Å². The number of hydrogen-bond donors (Lipinski definition) is 2. The molecule has 0 aromatic carbocycles. The van der Waals surface area contributed by atoms with E-state index in [9.17, 15) is 0 Å². The predicted octanol–water partition coefficient (Wildman–Crippen LogP) is 5.68. The van der Waals surface area contributed by atoms with Gasteiger partial charge in [-0.3, -0.25) is 0 Å². The first-order valence-corrected chi connectivity index (χ1v) is 19.9. The van der Waals surface area contributed by atoms with Crippen molar-refractivity contribution in [3.8, 4) is 0 Å². The van der Waals surface area contributed by atoms with Crippen molar-refractivity contribution in [2.45, 2.75) is 0 Å². The summed E-state index contributed by atoms with van der Waals surface area (Å²) in [5.74, 6) is 0. The fourth-order valence-electron chi connectivity index (χ4n) is 5.27. The van der Waals surface area contributed by atoms with Gasteiger partial charge in [-0.1, -0.05) is 0 Å². The average Bonchev–Trinajstić information content (AvgIpc) is 3.98. The molecule has 241 valence electrons. The zero-order chi connectivity index (χ0) is 32.9. The summed E-state index contributed by atoms with van der Waals surface area (Å²) >= 11 is -3.24. The van der Waals surface area contributed by atoms with Crippen LogP contribution in [-0.4, -0.2) is 39.9 Å². The van der Waals surface area contributed by atoms with Crippen LogP contribution in [-0.2, 0) is 17.1 Å². The molecule has 0 unspecified atom stereocenters. The molecule has 0 spiro atoms. The Labute approximate surface area is 286 Å². The Hall–Kier alpha value is -6.06. The summed E-state index contributed by atoms with van der Waals surface area (Å²) in [6.45, 7) is 0. The summed E-state index contributed by atoms with van der Waals surface area (Å²) in [6, 6.07) is 40.5. The quantitative estimate of drug-likeness (QED) is 0.222. The number of fused-ring (bicyclic) bond motifs is 8. The van der Waals surface area contributed by atoms with Gasteiger partial charge < -0.3 is 9.97 Å². The van der Waals surface area contributed by atoms with Crippen molar-refractivity contribution in [1.82, 2.24) is 39.9 Å². The fraction of sp³-hybridized carbons (Fsp3) is 0. The van der Waals surface area contributed by atoms with E-state index in [4.69, 9.17) is 19.9 Å². The van der Waals surface area contributed by atoms with Gasteiger partial charge >= 0.3 is 150 Å². The zero-order valence-electron chi connectivity index (χ0n) is 26.2. The van der Waals surface area contributed by atoms with Crippen LogP contribution in [0.4, 0.5) is 0 Å². The van der Waals surface area contributed by atoms with Crippen LogP contribution in [0.5, 0.6) is 0 Å². The van der Waals surface area contributed by atoms with E-state index in [1.165, 1.54) is 0 Å². The van der Waals surface area contributed by atoms with Gasteiger partial charge in [-0.2, -0.15) is 0 Å². The summed E-state index contributed by atoms with van der Waals surface area (Å²) in [6.07, 6.45) is 15.4. The standard InChI is InChI=1S/C20H14N4.4C5H4N.Au/c1-2-14-10-16-5-6-18(23-16)12-20-8-7-19(24-20)11-17-4-3-15(22-17)9-13(1)21-14;4*1-2-4-6-5-3-1;/h1-12,21,24H;4*1-4H;. The van der Waals surface area contributed by atoms with Crippen LogP contribution in [0.15, 0.2) is 146 Å². The molecule has 0 saturated heterocycles. The molecular weight excluding hydrogens is 789 g/mol. The molecule has 2 N–H and O–H groups in total. The van der Waals surface area contributed by atoms with E-state index in [0.717, 1.165) is 60.5 Å². The molecule has 9 rings (SSSR count). The topological polar surface area (TPSA) is 109 Å². The Kier molecular flexibility index (Phi) is 8.39. The van der Waals surface area contributed by atoms with Gasteiger partial charge in [0.25, 0.3) is 0 Å². The molecule has 8 nitrogen and oxygen atoms in total. The Balaban J connectivity index is 0.000000142. The van der Waals surface area contributed by atoms with Gasteiger partial charge in [-0.15, -0.1) is 0 Å². The van der Waals surface area contributed by atoms with E-state index in [1.54, 1.807) is 0 Å². The number of hydrogen-bond acceptors (Lipinski definition) is 6. The van der Waals surface area contributed by atoms with Crippen molar-refractivity contribution in [3.63, 3.8) is 0 Å². The number of rotatable bonds is 4. The summed E-state index contributed by atoms with van der Waals surface area (Å²) in [5.41, 5.74) is 7.86. The number of H-pyrrole nitrogens is 2. The first-order chi connectivity index (χ1) is 24.2. The van der Waals surface area contributed by atoms with Crippen molar-refractivity contribution in [2.24, 2.45) is 0 Å². The van der Waals surface area contributed by atoms with Gasteiger partial charge in [0, 0.05) is 22.1 Å². The monoisotopic (exact) mass is 819 g/mol. The van der Waals surface area contributed by atoms with E-state index in [0.29, 0.717) is 0 Å². The van der Waals surface area contributed by atoms with Crippen LogP contribution in [0.2, 0.25) is 0 Å². The Morgan fingerprint density at radius 3 is 0.878 bits per heavy atom. The van der Waals surface area contributed by atoms with Gasteiger partial charge in [0.05, 0.1) is 22.8 Å². The molecule has 9 heteroatoms. The van der Waals surface area contributed by atoms with Crippen LogP contribution < -0.4 is 15.6 Å². The molecule has 7 aromatic heterocycles. The zero-order valence-corrected chi connectivity index (χ0v) is 28.3. The molecule has 7 aromatic rings. The molecule has 0 amide bonds. The number of nitrogens with zero attached hydrogens (tertiary/aromatic N) is 6. The minimum absolute atomic E-state index is 0.939. The molecule has 8 bridgehead atoms. The van der Waals surface area contributed by atoms with Crippen molar-refractivity contribution in [3.05, 3.63) is 169 Å². The van der Waals surface area contributed by atoms with Gasteiger partial charge in [0.1, 0.15) is 0 Å². The molecule has 0 aliphatic carbocycles. The SMILES string of the molecule is C1=Cc2cc3ccc(cc4nc(cc5ccc(cc1n2)[nH]5)C=C4)[nH]3.c1cc[c]([Au]([c]2ccccn2)([c]2ccccn2)[c]2ccccn2)nc1. The molecule has 9 heterocycles. The maximum absolute atomic E-state index is 4.74. The minimum atomic E-state index is -3.24. The van der Waals surface area contributed by atoms with Crippen molar-refractivity contribution >= 4 is 62.0 Å². The van der Waals surface area contributed by atoms with Gasteiger partial charge in [-0.05, 0) is 72.8 Å². The van der Waals surface area contributed by atoms with E-state index < -0.39 is 17.1 Å². The second-order valence-electron chi connectivity index (χ2n) is 10.8. The number of aromatic nitrogens is 8. The Bertz CT molecular complexity index is 2100. The predicted molar refractivity (Wildman–Crippen MR) is 194 cm³/mol. The van der Waals surface area contributed by atoms with E-state index >= 15 is 0 Å². The van der Waals surface area contributed by atoms with Crippen molar-refractivity contribution in [1.29, 1.82) is 0 Å². The summed E-state index contributed by atoms with van der Waals surface area (Å²) in [7, 11) is 0. The van der Waals surface area contributed by atoms with Crippen LogP contribution in [0.3, 0.4) is 0 Å². The Morgan fingerprint density at radius 1 is 0.347 bits per heavy atom. The third kappa shape index (κ3) is 6.44. The number of nitrogens with one attached hydrogen (secondary N) is 2. The maximum atomic E-state index is 4.74. The van der Waals surface area contributed by atoms with Crippen LogP contribution >= 0.6 is 0 Å². The fourth-order valence-corrected chi connectivity index (χ4v) is 14.0. The second kappa shape index (κ2) is 13.6. The van der Waals surface area contributed by atoms with E-state index in [2.05, 4.69) is 68.5 Å². The number of pyridine rings is 4. The van der Waals surface area contributed by atoms with Crippen LogP contribution in [0.25, 0.3) is 46.4 Å². The molecule has 2 aliphatic heterocycles. The van der Waals surface area contributed by atoms with Gasteiger partial charge in [-0.25, -0.2) is 9.97 Å². The van der Waals surface area contributed by atoms with Crippen LogP contribution in [0, 0.1) is 0 Å². The van der Waals surface area contributed by atoms with Gasteiger partial charge in [0.2, 0.25) is 0 Å². The average molecular weight is 820 g/mol. The third-order valence-electron chi connectivity index (χ3n) is 7.39. The summed E-state index contributed by atoms with van der Waals surface area (Å²) < 4.78 is 4.05. The van der Waals surface area contributed by atoms with E-state index in [-0.39, 0.29) is 0 Å². The first-order valence-electron chi connectivity index (χ1n) is 15.5. The third-order valence-corrected chi connectivity index (χ3v) is 16.6. The molecule has 2 aliphatic rings. The molecule has 0 radical (unpaired) electrons. The second-order valence-corrected chi connectivity index (χ2v) is 18.5. The van der Waals surface area contributed by atoms with E-state index in [1.807, 2.05) is 122 Å². The Morgan fingerprint density at radius 2 is 0.633 bits per heavy atom. The first kappa shape index (κ1) is 30.3. The van der Waals surface area contributed by atoms with Crippen LogP contribution in [0.1, 0.15) is 22.8 Å². The number of aromatic amines is 2. The molecule has 0 atom stereocenters. The summed E-state index contributed by atoms with van der Waals surface area (Å²) in [5, 5.41) is 0. The van der Waals surface area contributed by atoms with Crippen molar-refractivity contribution < 1.29 is 17.1 Å². The molecule has 49 heavy (non-hydrogen) atoms. The molecular formula is C40H30AuN8. The van der Waals surface area contributed by atoms with Gasteiger partial charge in [0.15, 0.2) is 0 Å². The summed E-state index contributed by atoms with van der Waals surface area (Å²) in [4.78, 5) is 35.0. The molecule has 0 fully saturated rings. The normalized spacial score (nSPS) is 12.2. The molecule has 0 saturated carbocycles.